The molecule has 2 rings (SSSR count). The highest BCUT2D eigenvalue weighted by Gasteiger charge is 2.08. The van der Waals surface area contributed by atoms with Crippen LogP contribution >= 0.6 is 23.4 Å². The van der Waals surface area contributed by atoms with E-state index >= 15 is 0 Å². The summed E-state index contributed by atoms with van der Waals surface area (Å²) in [5.74, 6) is 1.63. The van der Waals surface area contributed by atoms with Gasteiger partial charge in [0.05, 0.1) is 11.1 Å². The van der Waals surface area contributed by atoms with Crippen LogP contribution in [0, 0.1) is 13.8 Å². The first-order chi connectivity index (χ1) is 9.06. The minimum Gasteiger partial charge on any atom is -0.240 e. The topological polar surface area (TPSA) is 25.8 Å². The fraction of sp³-hybridized carbons (Fsp3) is 0.333. The Hall–Kier alpha value is -1.06. The van der Waals surface area contributed by atoms with E-state index in [9.17, 15) is 0 Å². The van der Waals surface area contributed by atoms with Crippen molar-refractivity contribution in [3.05, 3.63) is 53.1 Å². The van der Waals surface area contributed by atoms with Crippen LogP contribution in [0.4, 0.5) is 0 Å². The number of aryl methyl sites for hydroxylation is 2. The Balaban J connectivity index is 2.04. The predicted molar refractivity (Wildman–Crippen MR) is 81.8 cm³/mol. The van der Waals surface area contributed by atoms with Crippen LogP contribution in [-0.2, 0) is 5.75 Å². The number of halogens is 1. The molecule has 0 aliphatic rings. The van der Waals surface area contributed by atoms with Gasteiger partial charge in [0.15, 0.2) is 0 Å². The van der Waals surface area contributed by atoms with Crippen molar-refractivity contribution in [1.82, 2.24) is 9.97 Å². The van der Waals surface area contributed by atoms with Crippen LogP contribution in [0.5, 0.6) is 0 Å². The van der Waals surface area contributed by atoms with E-state index in [1.54, 1.807) is 11.8 Å². The third kappa shape index (κ3) is 3.95. The average Bonchev–Trinajstić information content (AvgIpc) is 2.37. The molecule has 0 aliphatic heterocycles. The molecule has 1 aromatic heterocycles. The highest BCUT2D eigenvalue weighted by Crippen LogP contribution is 2.24. The summed E-state index contributed by atoms with van der Waals surface area (Å²) in [6.07, 6.45) is 1.84. The molecule has 0 N–H and O–H groups in total. The molecule has 1 heterocycles. The summed E-state index contributed by atoms with van der Waals surface area (Å²) in [4.78, 5) is 10.1. The van der Waals surface area contributed by atoms with Crippen LogP contribution in [0.15, 0.2) is 35.4 Å². The molecule has 0 spiro atoms. The zero-order chi connectivity index (χ0) is 13.8. The summed E-state index contributed by atoms with van der Waals surface area (Å²) < 4.78 is 0. The molecule has 0 fully saturated rings. The number of nitrogens with zero attached hydrogens (tertiary/aromatic N) is 2. The van der Waals surface area contributed by atoms with Crippen molar-refractivity contribution in [2.45, 2.75) is 36.8 Å². The predicted octanol–water partition coefficient (Wildman–Crippen LogP) is 4.69. The van der Waals surface area contributed by atoms with Gasteiger partial charge in [-0.25, -0.2) is 9.97 Å². The van der Waals surface area contributed by atoms with Crippen LogP contribution in [0.25, 0.3) is 0 Å². The highest BCUT2D eigenvalue weighted by atomic mass is 35.5. The second-order valence-corrected chi connectivity index (χ2v) is 6.25. The molecule has 0 bridgehead atoms. The first-order valence-electron chi connectivity index (χ1n) is 6.22. The van der Waals surface area contributed by atoms with Crippen molar-refractivity contribution in [1.29, 1.82) is 0 Å². The van der Waals surface area contributed by atoms with E-state index in [2.05, 4.69) is 41.2 Å². The van der Waals surface area contributed by atoms with Gasteiger partial charge in [0.1, 0.15) is 5.82 Å². The number of alkyl halides is 1. The van der Waals surface area contributed by atoms with Gasteiger partial charge in [0.2, 0.25) is 0 Å². The third-order valence-electron chi connectivity index (χ3n) is 2.88. The number of benzene rings is 1. The van der Waals surface area contributed by atoms with Crippen LogP contribution in [-0.4, -0.2) is 9.97 Å². The second-order valence-electron chi connectivity index (χ2n) is 4.54. The Morgan fingerprint density at radius 3 is 2.47 bits per heavy atom. The van der Waals surface area contributed by atoms with E-state index in [1.807, 2.05) is 20.0 Å². The van der Waals surface area contributed by atoms with Gasteiger partial charge in [-0.05, 0) is 32.9 Å². The summed E-state index contributed by atoms with van der Waals surface area (Å²) in [5.41, 5.74) is 3.25. The van der Waals surface area contributed by atoms with Crippen molar-refractivity contribution in [2.24, 2.45) is 0 Å². The molecule has 2 nitrogen and oxygen atoms in total. The minimum atomic E-state index is -0.0428. The van der Waals surface area contributed by atoms with E-state index < -0.39 is 0 Å². The summed E-state index contributed by atoms with van der Waals surface area (Å²) in [5, 5.41) is -0.0428. The van der Waals surface area contributed by atoms with Crippen LogP contribution in [0.3, 0.4) is 0 Å². The van der Waals surface area contributed by atoms with Crippen LogP contribution in [0.2, 0.25) is 0 Å². The fourth-order valence-electron chi connectivity index (χ4n) is 1.77. The number of rotatable bonds is 4. The van der Waals surface area contributed by atoms with E-state index in [1.165, 1.54) is 10.5 Å². The molecule has 0 saturated heterocycles. The van der Waals surface area contributed by atoms with Crippen molar-refractivity contribution < 1.29 is 0 Å². The molecule has 0 radical (unpaired) electrons. The van der Waals surface area contributed by atoms with Crippen molar-refractivity contribution in [2.75, 3.05) is 0 Å². The highest BCUT2D eigenvalue weighted by molar-refractivity contribution is 7.98. The van der Waals surface area contributed by atoms with Gasteiger partial charge >= 0.3 is 0 Å². The van der Waals surface area contributed by atoms with Crippen molar-refractivity contribution in [3.63, 3.8) is 0 Å². The zero-order valence-corrected chi connectivity index (χ0v) is 12.9. The first-order valence-corrected chi connectivity index (χ1v) is 7.64. The lowest BCUT2D eigenvalue weighted by atomic mass is 10.2. The smallest absolute Gasteiger partial charge is 0.138 e. The number of hydrogen-bond acceptors (Lipinski definition) is 3. The van der Waals surface area contributed by atoms with E-state index in [0.717, 1.165) is 22.8 Å². The van der Waals surface area contributed by atoms with Gasteiger partial charge < -0.3 is 0 Å². The molecule has 19 heavy (non-hydrogen) atoms. The fourth-order valence-corrected chi connectivity index (χ4v) is 2.74. The number of hydrogen-bond donors (Lipinski definition) is 0. The maximum atomic E-state index is 6.06. The molecule has 1 unspecified atom stereocenters. The van der Waals surface area contributed by atoms with Crippen molar-refractivity contribution >= 4 is 23.4 Å². The number of thioether (sulfide) groups is 1. The van der Waals surface area contributed by atoms with Gasteiger partial charge in [-0.3, -0.25) is 0 Å². The van der Waals surface area contributed by atoms with Gasteiger partial charge in [0, 0.05) is 22.3 Å². The lowest BCUT2D eigenvalue weighted by molar-refractivity contribution is 0.924. The largest absolute Gasteiger partial charge is 0.240 e. The molecule has 0 saturated carbocycles. The summed E-state index contributed by atoms with van der Waals surface area (Å²) in [6, 6.07) is 8.49. The molecule has 2 aromatic rings. The maximum absolute atomic E-state index is 6.06. The Labute approximate surface area is 123 Å². The first kappa shape index (κ1) is 14.4. The monoisotopic (exact) mass is 292 g/mol. The Kier molecular flexibility index (Phi) is 4.83. The average molecular weight is 293 g/mol. The SMILES string of the molecule is Cc1ccc(SCc2ncc(C(C)Cl)c(C)n2)cc1. The summed E-state index contributed by atoms with van der Waals surface area (Å²) >= 11 is 7.81. The zero-order valence-electron chi connectivity index (χ0n) is 11.4. The maximum Gasteiger partial charge on any atom is 0.138 e. The Bertz CT molecular complexity index is 553. The quantitative estimate of drug-likeness (QED) is 0.604. The molecular formula is C15H17ClN2S. The summed E-state index contributed by atoms with van der Waals surface area (Å²) in [7, 11) is 0. The van der Waals surface area contributed by atoms with E-state index in [4.69, 9.17) is 11.6 Å². The van der Waals surface area contributed by atoms with E-state index in [0.29, 0.717) is 0 Å². The van der Waals surface area contributed by atoms with Crippen LogP contribution < -0.4 is 0 Å². The molecule has 1 atom stereocenters. The second kappa shape index (κ2) is 6.40. The Morgan fingerprint density at radius 1 is 1.21 bits per heavy atom. The summed E-state index contributed by atoms with van der Waals surface area (Å²) in [6.45, 7) is 6.01. The lowest BCUT2D eigenvalue weighted by Gasteiger charge is -2.08. The molecular weight excluding hydrogens is 276 g/mol. The van der Waals surface area contributed by atoms with Gasteiger partial charge in [-0.2, -0.15) is 0 Å². The number of aromatic nitrogens is 2. The molecule has 0 aliphatic carbocycles. The molecule has 1 aromatic carbocycles. The van der Waals surface area contributed by atoms with E-state index in [-0.39, 0.29) is 5.38 Å². The third-order valence-corrected chi connectivity index (χ3v) is 4.13. The molecule has 100 valence electrons. The van der Waals surface area contributed by atoms with Gasteiger partial charge in [0.25, 0.3) is 0 Å². The van der Waals surface area contributed by atoms with Crippen molar-refractivity contribution in [3.8, 4) is 0 Å². The lowest BCUT2D eigenvalue weighted by Crippen LogP contribution is -2.00. The minimum absolute atomic E-state index is 0.0428. The Morgan fingerprint density at radius 2 is 1.89 bits per heavy atom. The normalized spacial score (nSPS) is 12.4. The van der Waals surface area contributed by atoms with Gasteiger partial charge in [-0.1, -0.05) is 17.7 Å². The molecule has 4 heteroatoms. The standard InChI is InChI=1S/C15H17ClN2S/c1-10-4-6-13(7-5-10)19-9-15-17-8-14(11(2)16)12(3)18-15/h4-8,11H,9H2,1-3H3. The molecule has 0 amide bonds. The van der Waals surface area contributed by atoms with Gasteiger partial charge in [-0.15, -0.1) is 23.4 Å². The van der Waals surface area contributed by atoms with Crippen LogP contribution in [0.1, 0.15) is 34.9 Å².